The van der Waals surface area contributed by atoms with Gasteiger partial charge in [-0.2, -0.15) is 0 Å². The molecule has 2 heteroatoms. The number of halogens is 1. The van der Waals surface area contributed by atoms with Crippen LogP contribution in [0.5, 0.6) is 0 Å². The molecule has 1 unspecified atom stereocenters. The molecular formula is C11H15FO. The van der Waals surface area contributed by atoms with Crippen LogP contribution < -0.4 is 0 Å². The number of benzene rings is 1. The summed E-state index contributed by atoms with van der Waals surface area (Å²) in [6.45, 7) is 4.71. The quantitative estimate of drug-likeness (QED) is 0.694. The Morgan fingerprint density at radius 3 is 2.31 bits per heavy atom. The van der Waals surface area contributed by atoms with E-state index in [-0.39, 0.29) is 11.9 Å². The van der Waals surface area contributed by atoms with Gasteiger partial charge in [0.2, 0.25) is 0 Å². The van der Waals surface area contributed by atoms with Crippen LogP contribution in [0.2, 0.25) is 0 Å². The largest absolute Gasteiger partial charge is 0.374 e. The fourth-order valence-corrected chi connectivity index (χ4v) is 1.33. The SMILES string of the molecule is CCOC(CC)c1ccc(F)cc1. The van der Waals surface area contributed by atoms with Gasteiger partial charge in [-0.1, -0.05) is 19.1 Å². The molecule has 0 amide bonds. The average molecular weight is 182 g/mol. The van der Waals surface area contributed by atoms with Crippen LogP contribution in [0.3, 0.4) is 0 Å². The third-order valence-electron chi connectivity index (χ3n) is 1.98. The first-order chi connectivity index (χ1) is 6.27. The van der Waals surface area contributed by atoms with Gasteiger partial charge in [0.15, 0.2) is 0 Å². The molecule has 0 saturated heterocycles. The first-order valence-electron chi connectivity index (χ1n) is 4.65. The highest BCUT2D eigenvalue weighted by molar-refractivity contribution is 5.18. The van der Waals surface area contributed by atoms with Crippen LogP contribution in [0.25, 0.3) is 0 Å². The lowest BCUT2D eigenvalue weighted by molar-refractivity contribution is 0.0598. The van der Waals surface area contributed by atoms with E-state index in [1.54, 1.807) is 12.1 Å². The van der Waals surface area contributed by atoms with Crippen LogP contribution in [0.1, 0.15) is 31.9 Å². The number of ether oxygens (including phenoxy) is 1. The Morgan fingerprint density at radius 1 is 1.23 bits per heavy atom. The minimum Gasteiger partial charge on any atom is -0.374 e. The van der Waals surface area contributed by atoms with Gasteiger partial charge in [-0.3, -0.25) is 0 Å². The van der Waals surface area contributed by atoms with Gasteiger partial charge in [0.25, 0.3) is 0 Å². The smallest absolute Gasteiger partial charge is 0.123 e. The van der Waals surface area contributed by atoms with Crippen molar-refractivity contribution in [2.75, 3.05) is 6.61 Å². The zero-order chi connectivity index (χ0) is 9.68. The van der Waals surface area contributed by atoms with Crippen molar-refractivity contribution < 1.29 is 9.13 Å². The minimum absolute atomic E-state index is 0.102. The summed E-state index contributed by atoms with van der Waals surface area (Å²) in [5, 5.41) is 0. The first kappa shape index (κ1) is 10.2. The van der Waals surface area contributed by atoms with Gasteiger partial charge in [-0.25, -0.2) is 4.39 Å². The van der Waals surface area contributed by atoms with E-state index in [4.69, 9.17) is 4.74 Å². The summed E-state index contributed by atoms with van der Waals surface area (Å²) in [6, 6.07) is 6.49. The lowest BCUT2D eigenvalue weighted by Gasteiger charge is -2.14. The second kappa shape index (κ2) is 4.97. The van der Waals surface area contributed by atoms with Crippen molar-refractivity contribution in [3.8, 4) is 0 Å². The van der Waals surface area contributed by atoms with Crippen molar-refractivity contribution in [2.45, 2.75) is 26.4 Å². The summed E-state index contributed by atoms with van der Waals surface area (Å²) in [5.74, 6) is -0.199. The Hall–Kier alpha value is -0.890. The van der Waals surface area contributed by atoms with E-state index in [0.29, 0.717) is 6.61 Å². The van der Waals surface area contributed by atoms with Crippen LogP contribution in [0.15, 0.2) is 24.3 Å². The third-order valence-corrected chi connectivity index (χ3v) is 1.98. The van der Waals surface area contributed by atoms with Crippen molar-refractivity contribution in [3.63, 3.8) is 0 Å². The zero-order valence-electron chi connectivity index (χ0n) is 8.09. The molecule has 0 aliphatic carbocycles. The second-order valence-corrected chi connectivity index (χ2v) is 2.90. The lowest BCUT2D eigenvalue weighted by atomic mass is 10.1. The Kier molecular flexibility index (Phi) is 3.90. The highest BCUT2D eigenvalue weighted by Crippen LogP contribution is 2.20. The molecule has 13 heavy (non-hydrogen) atoms. The number of hydrogen-bond donors (Lipinski definition) is 0. The van der Waals surface area contributed by atoms with Crippen LogP contribution in [-0.4, -0.2) is 6.61 Å². The summed E-state index contributed by atoms with van der Waals surface area (Å²) in [7, 11) is 0. The highest BCUT2D eigenvalue weighted by atomic mass is 19.1. The van der Waals surface area contributed by atoms with Gasteiger partial charge in [-0.15, -0.1) is 0 Å². The standard InChI is InChI=1S/C11H15FO/c1-3-11(13-4-2)9-5-7-10(12)8-6-9/h5-8,11H,3-4H2,1-2H3. The Bertz CT molecular complexity index is 243. The van der Waals surface area contributed by atoms with Crippen LogP contribution in [0, 0.1) is 5.82 Å². The number of hydrogen-bond acceptors (Lipinski definition) is 1. The molecule has 1 nitrogen and oxygen atoms in total. The molecule has 0 heterocycles. The maximum Gasteiger partial charge on any atom is 0.123 e. The third kappa shape index (κ3) is 2.81. The predicted molar refractivity (Wildman–Crippen MR) is 51.1 cm³/mol. The molecule has 0 aliphatic rings. The van der Waals surface area contributed by atoms with Gasteiger partial charge in [0.05, 0.1) is 6.10 Å². The molecule has 0 aliphatic heterocycles. The zero-order valence-corrected chi connectivity index (χ0v) is 8.09. The molecule has 1 atom stereocenters. The summed E-state index contributed by atoms with van der Waals surface area (Å²) >= 11 is 0. The molecule has 0 radical (unpaired) electrons. The van der Waals surface area contributed by atoms with Gasteiger partial charge in [-0.05, 0) is 31.0 Å². The van der Waals surface area contributed by atoms with Gasteiger partial charge in [0.1, 0.15) is 5.82 Å². The van der Waals surface area contributed by atoms with Gasteiger partial charge in [0, 0.05) is 6.61 Å². The van der Waals surface area contributed by atoms with E-state index in [1.165, 1.54) is 12.1 Å². The van der Waals surface area contributed by atoms with Crippen molar-refractivity contribution in [3.05, 3.63) is 35.6 Å². The summed E-state index contributed by atoms with van der Waals surface area (Å²) in [4.78, 5) is 0. The van der Waals surface area contributed by atoms with Crippen molar-refractivity contribution in [1.82, 2.24) is 0 Å². The molecule has 1 rings (SSSR count). The number of rotatable bonds is 4. The molecule has 0 aromatic heterocycles. The average Bonchev–Trinajstić information content (AvgIpc) is 2.16. The van der Waals surface area contributed by atoms with E-state index < -0.39 is 0 Å². The second-order valence-electron chi connectivity index (χ2n) is 2.90. The van der Waals surface area contributed by atoms with Crippen molar-refractivity contribution >= 4 is 0 Å². The van der Waals surface area contributed by atoms with Gasteiger partial charge < -0.3 is 4.74 Å². The molecular weight excluding hydrogens is 167 g/mol. The van der Waals surface area contributed by atoms with E-state index in [1.807, 2.05) is 6.92 Å². The van der Waals surface area contributed by atoms with E-state index in [0.717, 1.165) is 12.0 Å². The van der Waals surface area contributed by atoms with Crippen molar-refractivity contribution in [1.29, 1.82) is 0 Å². The van der Waals surface area contributed by atoms with Crippen LogP contribution in [0.4, 0.5) is 4.39 Å². The Morgan fingerprint density at radius 2 is 1.85 bits per heavy atom. The predicted octanol–water partition coefficient (Wildman–Crippen LogP) is 3.31. The fraction of sp³-hybridized carbons (Fsp3) is 0.455. The summed E-state index contributed by atoms with van der Waals surface area (Å²) in [5.41, 5.74) is 1.05. The maximum absolute atomic E-state index is 12.6. The summed E-state index contributed by atoms with van der Waals surface area (Å²) in [6.07, 6.45) is 1.02. The molecule has 0 fully saturated rings. The molecule has 0 spiro atoms. The van der Waals surface area contributed by atoms with Crippen molar-refractivity contribution in [2.24, 2.45) is 0 Å². The topological polar surface area (TPSA) is 9.23 Å². The Balaban J connectivity index is 2.73. The maximum atomic E-state index is 12.6. The van der Waals surface area contributed by atoms with Gasteiger partial charge >= 0.3 is 0 Å². The van der Waals surface area contributed by atoms with E-state index >= 15 is 0 Å². The first-order valence-corrected chi connectivity index (χ1v) is 4.65. The minimum atomic E-state index is -0.199. The Labute approximate surface area is 78.5 Å². The van der Waals surface area contributed by atoms with Crippen LogP contribution >= 0.6 is 0 Å². The molecule has 1 aromatic rings. The molecule has 0 bridgehead atoms. The molecule has 1 aromatic carbocycles. The highest BCUT2D eigenvalue weighted by Gasteiger charge is 2.07. The lowest BCUT2D eigenvalue weighted by Crippen LogP contribution is -2.02. The normalized spacial score (nSPS) is 12.8. The monoisotopic (exact) mass is 182 g/mol. The molecule has 72 valence electrons. The van der Waals surface area contributed by atoms with E-state index in [9.17, 15) is 4.39 Å². The van der Waals surface area contributed by atoms with Crippen LogP contribution in [-0.2, 0) is 4.74 Å². The van der Waals surface area contributed by atoms with E-state index in [2.05, 4.69) is 6.92 Å². The molecule has 0 saturated carbocycles. The fourth-order valence-electron chi connectivity index (χ4n) is 1.33. The summed E-state index contributed by atoms with van der Waals surface area (Å²) < 4.78 is 18.1. The molecule has 0 N–H and O–H groups in total.